The first-order chi connectivity index (χ1) is 14.3. The zero-order valence-corrected chi connectivity index (χ0v) is 16.4. The van der Waals surface area contributed by atoms with E-state index in [2.05, 4.69) is 10.6 Å². The monoisotopic (exact) mass is 412 g/mol. The molecule has 0 fully saturated rings. The van der Waals surface area contributed by atoms with Gasteiger partial charge in [0.25, 0.3) is 11.8 Å². The SMILES string of the molecule is CC(=O)c1ccc(NC(=O)[C@H](C)OC(=O)CNC(=O)c2ccc3c(c2)OCO3)cc1. The van der Waals surface area contributed by atoms with Crippen molar-refractivity contribution in [3.8, 4) is 11.5 Å². The highest BCUT2D eigenvalue weighted by atomic mass is 16.7. The lowest BCUT2D eigenvalue weighted by Gasteiger charge is -2.14. The molecule has 0 aliphatic carbocycles. The minimum atomic E-state index is -1.08. The molecule has 2 aromatic carbocycles. The van der Waals surface area contributed by atoms with Gasteiger partial charge < -0.3 is 24.8 Å². The smallest absolute Gasteiger partial charge is 0.326 e. The Bertz CT molecular complexity index is 985. The van der Waals surface area contributed by atoms with Crippen molar-refractivity contribution in [3.05, 3.63) is 53.6 Å². The van der Waals surface area contributed by atoms with Crippen molar-refractivity contribution >= 4 is 29.3 Å². The molecule has 1 aliphatic heterocycles. The average Bonchev–Trinajstić information content (AvgIpc) is 3.20. The third kappa shape index (κ3) is 5.13. The summed E-state index contributed by atoms with van der Waals surface area (Å²) in [4.78, 5) is 47.6. The maximum atomic E-state index is 12.2. The number of hydrogen-bond acceptors (Lipinski definition) is 7. The van der Waals surface area contributed by atoms with E-state index in [1.54, 1.807) is 36.4 Å². The summed E-state index contributed by atoms with van der Waals surface area (Å²) in [5.74, 6) is -0.890. The topological polar surface area (TPSA) is 120 Å². The first-order valence-corrected chi connectivity index (χ1v) is 9.12. The zero-order chi connectivity index (χ0) is 21.7. The molecule has 0 saturated carbocycles. The fourth-order valence-electron chi connectivity index (χ4n) is 2.62. The van der Waals surface area contributed by atoms with Gasteiger partial charge in [0.2, 0.25) is 6.79 Å². The number of carbonyl (C=O) groups excluding carboxylic acids is 4. The van der Waals surface area contributed by atoms with Crippen LogP contribution in [0.1, 0.15) is 34.6 Å². The van der Waals surface area contributed by atoms with Gasteiger partial charge in [0.15, 0.2) is 23.4 Å². The molecule has 0 aromatic heterocycles. The summed E-state index contributed by atoms with van der Waals surface area (Å²) >= 11 is 0. The van der Waals surface area contributed by atoms with Gasteiger partial charge in [-0.3, -0.25) is 19.2 Å². The lowest BCUT2D eigenvalue weighted by Crippen LogP contribution is -2.35. The molecule has 0 spiro atoms. The van der Waals surface area contributed by atoms with Crippen LogP contribution in [0.4, 0.5) is 5.69 Å². The van der Waals surface area contributed by atoms with Crippen LogP contribution in [0.2, 0.25) is 0 Å². The van der Waals surface area contributed by atoms with Gasteiger partial charge in [0, 0.05) is 16.8 Å². The molecular weight excluding hydrogens is 392 g/mol. The summed E-state index contributed by atoms with van der Waals surface area (Å²) in [6.45, 7) is 2.54. The Balaban J connectivity index is 1.46. The normalized spacial score (nSPS) is 12.6. The van der Waals surface area contributed by atoms with Crippen LogP contribution in [-0.2, 0) is 14.3 Å². The quantitative estimate of drug-likeness (QED) is 0.527. The zero-order valence-electron chi connectivity index (χ0n) is 16.4. The predicted molar refractivity (Wildman–Crippen MR) is 106 cm³/mol. The Morgan fingerprint density at radius 2 is 1.67 bits per heavy atom. The number of nitrogens with one attached hydrogen (secondary N) is 2. The Kier molecular flexibility index (Phi) is 6.31. The van der Waals surface area contributed by atoms with Crippen LogP contribution in [0.15, 0.2) is 42.5 Å². The summed E-state index contributed by atoms with van der Waals surface area (Å²) in [7, 11) is 0. The highest BCUT2D eigenvalue weighted by molar-refractivity contribution is 5.98. The van der Waals surface area contributed by atoms with E-state index >= 15 is 0 Å². The number of rotatable bonds is 7. The van der Waals surface area contributed by atoms with E-state index in [9.17, 15) is 19.2 Å². The van der Waals surface area contributed by atoms with Crippen molar-refractivity contribution in [3.63, 3.8) is 0 Å². The molecule has 9 nitrogen and oxygen atoms in total. The number of ether oxygens (including phenoxy) is 3. The van der Waals surface area contributed by atoms with Crippen molar-refractivity contribution in [2.24, 2.45) is 0 Å². The van der Waals surface area contributed by atoms with Gasteiger partial charge in [-0.05, 0) is 56.3 Å². The number of carbonyl (C=O) groups is 4. The fourth-order valence-corrected chi connectivity index (χ4v) is 2.62. The number of anilines is 1. The molecule has 0 bridgehead atoms. The third-order valence-corrected chi connectivity index (χ3v) is 4.26. The van der Waals surface area contributed by atoms with Gasteiger partial charge in [0.05, 0.1) is 0 Å². The summed E-state index contributed by atoms with van der Waals surface area (Å²) in [6, 6.07) is 11.0. The first-order valence-electron chi connectivity index (χ1n) is 9.12. The number of esters is 1. The van der Waals surface area contributed by atoms with Gasteiger partial charge >= 0.3 is 5.97 Å². The van der Waals surface area contributed by atoms with E-state index in [1.165, 1.54) is 19.9 Å². The second-order valence-electron chi connectivity index (χ2n) is 6.51. The molecule has 0 radical (unpaired) electrons. The van der Waals surface area contributed by atoms with Crippen molar-refractivity contribution in [1.29, 1.82) is 0 Å². The molecule has 1 aliphatic rings. The minimum Gasteiger partial charge on any atom is -0.454 e. The van der Waals surface area contributed by atoms with E-state index in [0.29, 0.717) is 28.3 Å². The lowest BCUT2D eigenvalue weighted by molar-refractivity contribution is -0.152. The number of ketones is 1. The summed E-state index contributed by atoms with van der Waals surface area (Å²) < 4.78 is 15.4. The molecule has 0 unspecified atom stereocenters. The number of fused-ring (bicyclic) bond motifs is 1. The Morgan fingerprint density at radius 3 is 2.37 bits per heavy atom. The summed E-state index contributed by atoms with van der Waals surface area (Å²) in [5.41, 5.74) is 1.28. The van der Waals surface area contributed by atoms with Crippen LogP contribution in [0.25, 0.3) is 0 Å². The maximum Gasteiger partial charge on any atom is 0.326 e. The first kappa shape index (κ1) is 20.8. The molecule has 0 saturated heterocycles. The van der Waals surface area contributed by atoms with Crippen LogP contribution >= 0.6 is 0 Å². The number of Topliss-reactive ketones (excluding diaryl/α,β-unsaturated/α-hetero) is 1. The summed E-state index contributed by atoms with van der Waals surface area (Å²) in [5, 5.41) is 5.01. The van der Waals surface area contributed by atoms with Crippen molar-refractivity contribution in [2.75, 3.05) is 18.7 Å². The Morgan fingerprint density at radius 1 is 1.00 bits per heavy atom. The Hall–Kier alpha value is -3.88. The molecule has 9 heteroatoms. The van der Waals surface area contributed by atoms with E-state index in [0.717, 1.165) is 0 Å². The van der Waals surface area contributed by atoms with Crippen LogP contribution < -0.4 is 20.1 Å². The van der Waals surface area contributed by atoms with Crippen molar-refractivity contribution in [2.45, 2.75) is 20.0 Å². The number of hydrogen-bond donors (Lipinski definition) is 2. The average molecular weight is 412 g/mol. The van der Waals surface area contributed by atoms with E-state index in [1.807, 2.05) is 0 Å². The van der Waals surface area contributed by atoms with Gasteiger partial charge in [0.1, 0.15) is 6.54 Å². The minimum absolute atomic E-state index is 0.0852. The number of amides is 2. The fraction of sp³-hybridized carbons (Fsp3) is 0.238. The molecule has 3 rings (SSSR count). The summed E-state index contributed by atoms with van der Waals surface area (Å²) in [6.07, 6.45) is -1.08. The van der Waals surface area contributed by atoms with Gasteiger partial charge in [-0.25, -0.2) is 0 Å². The molecule has 30 heavy (non-hydrogen) atoms. The van der Waals surface area contributed by atoms with Gasteiger partial charge in [-0.15, -0.1) is 0 Å². The molecule has 2 N–H and O–H groups in total. The number of benzene rings is 2. The standard InChI is InChI=1S/C21H20N2O7/c1-12(24)14-3-6-16(7-4-14)23-20(26)13(2)30-19(25)10-22-21(27)15-5-8-17-18(9-15)29-11-28-17/h3-9,13H,10-11H2,1-2H3,(H,22,27)(H,23,26)/t13-/m0/s1. The highest BCUT2D eigenvalue weighted by Gasteiger charge is 2.20. The van der Waals surface area contributed by atoms with E-state index in [4.69, 9.17) is 14.2 Å². The van der Waals surface area contributed by atoms with Crippen molar-refractivity contribution in [1.82, 2.24) is 5.32 Å². The highest BCUT2D eigenvalue weighted by Crippen LogP contribution is 2.32. The van der Waals surface area contributed by atoms with Crippen LogP contribution in [0.5, 0.6) is 11.5 Å². The molecule has 1 heterocycles. The van der Waals surface area contributed by atoms with Gasteiger partial charge in [-0.1, -0.05) is 0 Å². The van der Waals surface area contributed by atoms with Crippen LogP contribution in [0, 0.1) is 0 Å². The third-order valence-electron chi connectivity index (χ3n) is 4.26. The molecule has 1 atom stereocenters. The molecule has 2 aromatic rings. The van der Waals surface area contributed by atoms with Crippen LogP contribution in [-0.4, -0.2) is 43.0 Å². The van der Waals surface area contributed by atoms with Gasteiger partial charge in [-0.2, -0.15) is 0 Å². The van der Waals surface area contributed by atoms with E-state index in [-0.39, 0.29) is 12.6 Å². The lowest BCUT2D eigenvalue weighted by atomic mass is 10.1. The molecule has 2 amide bonds. The second-order valence-corrected chi connectivity index (χ2v) is 6.51. The van der Waals surface area contributed by atoms with Crippen LogP contribution in [0.3, 0.4) is 0 Å². The second kappa shape index (κ2) is 9.08. The van der Waals surface area contributed by atoms with Crippen molar-refractivity contribution < 1.29 is 33.4 Å². The Labute approximate surface area is 172 Å². The molecule has 156 valence electrons. The molecular formula is C21H20N2O7. The van der Waals surface area contributed by atoms with E-state index < -0.39 is 30.4 Å². The maximum absolute atomic E-state index is 12.2. The largest absolute Gasteiger partial charge is 0.454 e. The predicted octanol–water partition coefficient (Wildman–Crippen LogP) is 1.92.